The van der Waals surface area contributed by atoms with E-state index < -0.39 is 5.69 Å². The van der Waals surface area contributed by atoms with E-state index in [1.54, 1.807) is 6.07 Å². The number of phenolic OH excluding ortho intramolecular Hbond substituents is 1. The quantitative estimate of drug-likeness (QED) is 0.470. The number of nitrogens with zero attached hydrogens (tertiary/aromatic N) is 1. The van der Waals surface area contributed by atoms with E-state index in [1.165, 1.54) is 12.1 Å². The number of aromatic nitrogens is 2. The van der Waals surface area contributed by atoms with Crippen LogP contribution in [0.1, 0.15) is 0 Å². The number of benzene rings is 1. The minimum atomic E-state index is -0.393. The maximum absolute atomic E-state index is 11.0. The molecule has 0 saturated carbocycles. The standard InChI is InChI=1S/C7H7N3O2/c8-10-6-3-4(11)1-2-5(6)9-7(10)12/h1-3,11H,8H2,(H,9,12). The van der Waals surface area contributed by atoms with Crippen LogP contribution in [0.25, 0.3) is 11.0 Å². The van der Waals surface area contributed by atoms with Crippen molar-refractivity contribution in [2.24, 2.45) is 0 Å². The number of hydrogen-bond acceptors (Lipinski definition) is 3. The van der Waals surface area contributed by atoms with Crippen LogP contribution in [0.4, 0.5) is 0 Å². The third-order valence-electron chi connectivity index (χ3n) is 1.70. The maximum atomic E-state index is 11.0. The van der Waals surface area contributed by atoms with Crippen LogP contribution < -0.4 is 11.5 Å². The summed E-state index contributed by atoms with van der Waals surface area (Å²) in [5.41, 5.74) is 0.705. The van der Waals surface area contributed by atoms with Crippen molar-refractivity contribution in [3.05, 3.63) is 28.7 Å². The smallest absolute Gasteiger partial charge is 0.344 e. The largest absolute Gasteiger partial charge is 0.508 e. The van der Waals surface area contributed by atoms with Crippen LogP contribution in [0.5, 0.6) is 5.75 Å². The molecule has 0 unspecified atom stereocenters. The van der Waals surface area contributed by atoms with E-state index >= 15 is 0 Å². The van der Waals surface area contributed by atoms with E-state index in [0.717, 1.165) is 4.68 Å². The van der Waals surface area contributed by atoms with Gasteiger partial charge in [0.05, 0.1) is 11.0 Å². The van der Waals surface area contributed by atoms with E-state index in [2.05, 4.69) is 4.98 Å². The molecule has 5 nitrogen and oxygen atoms in total. The van der Waals surface area contributed by atoms with Crippen LogP contribution in [-0.2, 0) is 0 Å². The van der Waals surface area contributed by atoms with Gasteiger partial charge in [0.25, 0.3) is 0 Å². The molecule has 0 amide bonds. The van der Waals surface area contributed by atoms with Gasteiger partial charge in [-0.05, 0) is 12.1 Å². The van der Waals surface area contributed by atoms with Crippen molar-refractivity contribution >= 4 is 11.0 Å². The van der Waals surface area contributed by atoms with Crippen LogP contribution in [0, 0.1) is 0 Å². The number of aromatic hydroxyl groups is 1. The fourth-order valence-corrected chi connectivity index (χ4v) is 1.11. The van der Waals surface area contributed by atoms with Gasteiger partial charge >= 0.3 is 5.69 Å². The molecular weight excluding hydrogens is 158 g/mol. The average Bonchev–Trinajstić information content (AvgIpc) is 2.31. The van der Waals surface area contributed by atoms with Crippen LogP contribution in [0.15, 0.2) is 23.0 Å². The van der Waals surface area contributed by atoms with Gasteiger partial charge in [0.1, 0.15) is 5.75 Å². The minimum absolute atomic E-state index is 0.0840. The Bertz CT molecular complexity index is 483. The van der Waals surface area contributed by atoms with Gasteiger partial charge in [-0.25, -0.2) is 9.47 Å². The van der Waals surface area contributed by atoms with Crippen LogP contribution >= 0.6 is 0 Å². The summed E-state index contributed by atoms with van der Waals surface area (Å²) in [6.07, 6.45) is 0. The first-order chi connectivity index (χ1) is 5.68. The van der Waals surface area contributed by atoms with Crippen molar-refractivity contribution in [2.45, 2.75) is 0 Å². The molecule has 0 aliphatic heterocycles. The summed E-state index contributed by atoms with van der Waals surface area (Å²) >= 11 is 0. The number of phenols is 1. The van der Waals surface area contributed by atoms with Crippen molar-refractivity contribution in [3.8, 4) is 5.75 Å². The van der Waals surface area contributed by atoms with E-state index in [9.17, 15) is 4.79 Å². The summed E-state index contributed by atoms with van der Waals surface area (Å²) < 4.78 is 0.953. The molecule has 1 heterocycles. The predicted octanol–water partition coefficient (Wildman–Crippen LogP) is -0.251. The van der Waals surface area contributed by atoms with Crippen LogP contribution in [-0.4, -0.2) is 14.8 Å². The molecule has 12 heavy (non-hydrogen) atoms. The van der Waals surface area contributed by atoms with E-state index in [0.29, 0.717) is 11.0 Å². The average molecular weight is 165 g/mol. The molecule has 62 valence electrons. The van der Waals surface area contributed by atoms with Crippen LogP contribution in [0.2, 0.25) is 0 Å². The molecule has 0 spiro atoms. The van der Waals surface area contributed by atoms with Gasteiger partial charge in [-0.3, -0.25) is 0 Å². The Balaban J connectivity index is 2.98. The molecular formula is C7H7N3O2. The third kappa shape index (κ3) is 0.763. The first-order valence-electron chi connectivity index (χ1n) is 3.37. The number of fused-ring (bicyclic) bond motifs is 1. The van der Waals surface area contributed by atoms with Gasteiger partial charge in [0, 0.05) is 6.07 Å². The molecule has 2 aromatic rings. The van der Waals surface area contributed by atoms with Gasteiger partial charge < -0.3 is 15.9 Å². The molecule has 1 aromatic carbocycles. The maximum Gasteiger partial charge on any atom is 0.344 e. The highest BCUT2D eigenvalue weighted by atomic mass is 16.3. The number of hydrogen-bond donors (Lipinski definition) is 3. The zero-order chi connectivity index (χ0) is 8.72. The van der Waals surface area contributed by atoms with Crippen molar-refractivity contribution < 1.29 is 5.11 Å². The molecule has 0 bridgehead atoms. The molecule has 2 rings (SSSR count). The van der Waals surface area contributed by atoms with Crippen LogP contribution in [0.3, 0.4) is 0 Å². The molecule has 1 aromatic heterocycles. The Morgan fingerprint density at radius 3 is 3.00 bits per heavy atom. The van der Waals surface area contributed by atoms with Gasteiger partial charge in [-0.15, -0.1) is 0 Å². The topological polar surface area (TPSA) is 84.0 Å². The zero-order valence-corrected chi connectivity index (χ0v) is 6.11. The Hall–Kier alpha value is -1.91. The number of nitrogens with one attached hydrogen (secondary N) is 1. The lowest BCUT2D eigenvalue weighted by Gasteiger charge is -1.93. The molecule has 0 aliphatic rings. The van der Waals surface area contributed by atoms with Gasteiger partial charge in [0.2, 0.25) is 0 Å². The van der Waals surface area contributed by atoms with Gasteiger partial charge in [-0.1, -0.05) is 0 Å². The summed E-state index contributed by atoms with van der Waals surface area (Å²) in [7, 11) is 0. The second-order valence-electron chi connectivity index (χ2n) is 2.50. The molecule has 4 N–H and O–H groups in total. The summed E-state index contributed by atoms with van der Waals surface area (Å²) in [6.45, 7) is 0. The molecule has 5 heteroatoms. The number of H-pyrrole nitrogens is 1. The third-order valence-corrected chi connectivity index (χ3v) is 1.70. The summed E-state index contributed by atoms with van der Waals surface area (Å²) in [4.78, 5) is 13.5. The minimum Gasteiger partial charge on any atom is -0.508 e. The fraction of sp³-hybridized carbons (Fsp3) is 0. The Kier molecular flexibility index (Phi) is 1.15. The second-order valence-corrected chi connectivity index (χ2v) is 2.50. The van der Waals surface area contributed by atoms with Crippen molar-refractivity contribution in [1.82, 2.24) is 9.66 Å². The zero-order valence-electron chi connectivity index (χ0n) is 6.11. The Morgan fingerprint density at radius 2 is 2.25 bits per heavy atom. The summed E-state index contributed by atoms with van der Waals surface area (Å²) in [5, 5.41) is 9.08. The lowest BCUT2D eigenvalue weighted by atomic mass is 10.3. The SMILES string of the molecule is Nn1c(=O)[nH]c2ccc(O)cc21. The number of aromatic amines is 1. The monoisotopic (exact) mass is 165 g/mol. The molecule has 0 fully saturated rings. The molecule has 0 atom stereocenters. The highest BCUT2D eigenvalue weighted by Crippen LogP contribution is 2.15. The second kappa shape index (κ2) is 2.04. The first kappa shape index (κ1) is 6.78. The van der Waals surface area contributed by atoms with Crippen molar-refractivity contribution in [1.29, 1.82) is 0 Å². The Labute approximate surface area is 67.0 Å². The number of rotatable bonds is 0. The highest BCUT2D eigenvalue weighted by molar-refractivity contribution is 5.76. The normalized spacial score (nSPS) is 10.7. The van der Waals surface area contributed by atoms with E-state index in [4.69, 9.17) is 10.9 Å². The summed E-state index contributed by atoms with van der Waals surface area (Å²) in [5.74, 6) is 5.45. The number of nitrogen functional groups attached to an aromatic ring is 1. The summed E-state index contributed by atoms with van der Waals surface area (Å²) in [6, 6.07) is 4.50. The molecule has 0 aliphatic carbocycles. The van der Waals surface area contributed by atoms with Crippen molar-refractivity contribution in [3.63, 3.8) is 0 Å². The van der Waals surface area contributed by atoms with E-state index in [1.807, 2.05) is 0 Å². The molecule has 0 saturated heterocycles. The lowest BCUT2D eigenvalue weighted by molar-refractivity contribution is 0.476. The highest BCUT2D eigenvalue weighted by Gasteiger charge is 2.02. The number of imidazole rings is 1. The fourth-order valence-electron chi connectivity index (χ4n) is 1.11. The van der Waals surface area contributed by atoms with Gasteiger partial charge in [0.15, 0.2) is 0 Å². The van der Waals surface area contributed by atoms with Crippen molar-refractivity contribution in [2.75, 3.05) is 5.84 Å². The number of nitrogens with two attached hydrogens (primary N) is 1. The van der Waals surface area contributed by atoms with Gasteiger partial charge in [-0.2, -0.15) is 0 Å². The molecule has 0 radical (unpaired) electrons. The van der Waals surface area contributed by atoms with E-state index in [-0.39, 0.29) is 5.75 Å². The predicted molar refractivity (Wildman–Crippen MR) is 44.4 cm³/mol. The Morgan fingerprint density at radius 1 is 1.50 bits per heavy atom. The first-order valence-corrected chi connectivity index (χ1v) is 3.37. The lowest BCUT2D eigenvalue weighted by Crippen LogP contribution is -2.23.